The van der Waals surface area contributed by atoms with Crippen LogP contribution in [-0.4, -0.2) is 36.0 Å². The molecule has 0 saturated heterocycles. The van der Waals surface area contributed by atoms with Gasteiger partial charge < -0.3 is 19.9 Å². The summed E-state index contributed by atoms with van der Waals surface area (Å²) in [5.74, 6) is -0.992. The normalized spacial score (nSPS) is 10.3. The van der Waals surface area contributed by atoms with Crippen LogP contribution in [0.2, 0.25) is 0 Å². The van der Waals surface area contributed by atoms with Crippen molar-refractivity contribution in [3.8, 4) is 0 Å². The van der Waals surface area contributed by atoms with Gasteiger partial charge in [-0.2, -0.15) is 0 Å². The summed E-state index contributed by atoms with van der Waals surface area (Å²) in [6.45, 7) is 0.447. The molecule has 154 valence electrons. The molecule has 2 aromatic carbocycles. The van der Waals surface area contributed by atoms with Crippen LogP contribution in [0, 0.1) is 0 Å². The van der Waals surface area contributed by atoms with Crippen molar-refractivity contribution in [2.24, 2.45) is 0 Å². The van der Waals surface area contributed by atoms with Crippen molar-refractivity contribution >= 4 is 23.5 Å². The number of methoxy groups -OCH3 is 1. The van der Waals surface area contributed by atoms with E-state index >= 15 is 0 Å². The van der Waals surface area contributed by atoms with E-state index in [1.165, 1.54) is 7.11 Å². The third-order valence-corrected chi connectivity index (χ3v) is 4.49. The highest BCUT2D eigenvalue weighted by Gasteiger charge is 2.12. The fraction of sp³-hybridized carbons (Fsp3) is 0.174. The molecule has 30 heavy (non-hydrogen) atoms. The Kier molecular flexibility index (Phi) is 7.00. The Bertz CT molecular complexity index is 1010. The van der Waals surface area contributed by atoms with Crippen LogP contribution in [0.3, 0.4) is 0 Å². The predicted molar refractivity (Wildman–Crippen MR) is 113 cm³/mol. The molecule has 0 aliphatic carbocycles. The largest absolute Gasteiger partial charge is 0.468 e. The molecule has 3 aromatic rings. The van der Waals surface area contributed by atoms with Crippen LogP contribution >= 0.6 is 0 Å². The van der Waals surface area contributed by atoms with E-state index in [1.54, 1.807) is 30.3 Å². The summed E-state index contributed by atoms with van der Waals surface area (Å²) in [5, 5.41) is 5.36. The number of amides is 2. The van der Waals surface area contributed by atoms with Crippen molar-refractivity contribution in [3.63, 3.8) is 0 Å². The second kappa shape index (κ2) is 10.1. The first-order chi connectivity index (χ1) is 14.5. The number of ether oxygens (including phenoxy) is 1. The van der Waals surface area contributed by atoms with E-state index in [1.807, 2.05) is 47.2 Å². The Balaban J connectivity index is 1.57. The number of carbonyl (C=O) groups is 3. The van der Waals surface area contributed by atoms with Crippen molar-refractivity contribution in [2.75, 3.05) is 19.0 Å². The number of anilines is 1. The molecule has 1 aromatic heterocycles. The molecule has 2 amide bonds. The summed E-state index contributed by atoms with van der Waals surface area (Å²) < 4.78 is 6.37. The van der Waals surface area contributed by atoms with E-state index in [9.17, 15) is 14.4 Å². The third-order valence-electron chi connectivity index (χ3n) is 4.49. The number of nitrogens with one attached hydrogen (secondary N) is 2. The number of benzene rings is 2. The second-order valence-corrected chi connectivity index (χ2v) is 6.69. The molecule has 0 unspecified atom stereocenters. The van der Waals surface area contributed by atoms with Crippen LogP contribution in [0.15, 0.2) is 72.9 Å². The van der Waals surface area contributed by atoms with Crippen molar-refractivity contribution in [1.29, 1.82) is 0 Å². The highest BCUT2D eigenvalue weighted by atomic mass is 16.5. The van der Waals surface area contributed by atoms with E-state index in [0.717, 1.165) is 11.1 Å². The highest BCUT2D eigenvalue weighted by Crippen LogP contribution is 2.14. The number of rotatable bonds is 8. The lowest BCUT2D eigenvalue weighted by molar-refractivity contribution is -0.141. The number of hydrogen-bond acceptors (Lipinski definition) is 4. The van der Waals surface area contributed by atoms with Crippen molar-refractivity contribution < 1.29 is 19.1 Å². The van der Waals surface area contributed by atoms with Gasteiger partial charge in [0.05, 0.1) is 13.5 Å². The van der Waals surface area contributed by atoms with Crippen LogP contribution in [0.5, 0.6) is 0 Å². The zero-order valence-electron chi connectivity index (χ0n) is 16.6. The maximum Gasteiger partial charge on any atom is 0.325 e. The molecular weight excluding hydrogens is 382 g/mol. The van der Waals surface area contributed by atoms with Gasteiger partial charge in [0, 0.05) is 18.4 Å². The van der Waals surface area contributed by atoms with E-state index in [2.05, 4.69) is 15.4 Å². The molecule has 0 spiro atoms. The lowest BCUT2D eigenvalue weighted by Crippen LogP contribution is -2.31. The molecule has 2 N–H and O–H groups in total. The molecule has 3 rings (SSSR count). The van der Waals surface area contributed by atoms with Crippen LogP contribution in [0.25, 0.3) is 0 Å². The fourth-order valence-corrected chi connectivity index (χ4v) is 2.93. The van der Waals surface area contributed by atoms with Crippen molar-refractivity contribution in [1.82, 2.24) is 9.88 Å². The predicted octanol–water partition coefficient (Wildman–Crippen LogP) is 2.62. The minimum atomic E-state index is -0.501. The maximum atomic E-state index is 12.7. The van der Waals surface area contributed by atoms with Gasteiger partial charge in [0.15, 0.2) is 0 Å². The molecule has 7 nitrogen and oxygen atoms in total. The number of hydrogen-bond donors (Lipinski definition) is 2. The zero-order chi connectivity index (χ0) is 21.3. The Labute approximate surface area is 174 Å². The molecule has 0 aliphatic heterocycles. The molecule has 0 aliphatic rings. The number of esters is 1. The first-order valence-electron chi connectivity index (χ1n) is 9.48. The van der Waals surface area contributed by atoms with Gasteiger partial charge in [-0.15, -0.1) is 0 Å². The smallest absolute Gasteiger partial charge is 0.325 e. The summed E-state index contributed by atoms with van der Waals surface area (Å²) in [4.78, 5) is 35.6. The molecule has 0 fully saturated rings. The first-order valence-corrected chi connectivity index (χ1v) is 9.48. The molecule has 7 heteroatoms. The Morgan fingerprint density at radius 3 is 2.33 bits per heavy atom. The van der Waals surface area contributed by atoms with E-state index in [-0.39, 0.29) is 24.8 Å². The fourth-order valence-electron chi connectivity index (χ4n) is 2.93. The summed E-state index contributed by atoms with van der Waals surface area (Å²) in [6.07, 6.45) is 2.00. The first kappa shape index (κ1) is 20.9. The minimum absolute atomic E-state index is 0.130. The number of nitrogens with zero attached hydrogens (tertiary/aromatic N) is 1. The minimum Gasteiger partial charge on any atom is -0.468 e. The molecular formula is C23H23N3O4. The van der Waals surface area contributed by atoms with Crippen LogP contribution < -0.4 is 10.6 Å². The third kappa shape index (κ3) is 5.81. The second-order valence-electron chi connectivity index (χ2n) is 6.69. The van der Waals surface area contributed by atoms with Gasteiger partial charge in [0.2, 0.25) is 5.91 Å². The van der Waals surface area contributed by atoms with Gasteiger partial charge in [-0.25, -0.2) is 0 Å². The van der Waals surface area contributed by atoms with Crippen LogP contribution in [0.1, 0.15) is 21.6 Å². The van der Waals surface area contributed by atoms with Gasteiger partial charge in [0.1, 0.15) is 12.2 Å². The van der Waals surface area contributed by atoms with Gasteiger partial charge in [-0.05, 0) is 35.4 Å². The molecule has 0 radical (unpaired) electrons. The molecule has 0 saturated carbocycles. The zero-order valence-corrected chi connectivity index (χ0v) is 16.6. The molecule has 1 heterocycles. The summed E-state index contributed by atoms with van der Waals surface area (Å²) in [7, 11) is 1.26. The Morgan fingerprint density at radius 1 is 0.900 bits per heavy atom. The molecule has 0 bridgehead atoms. The maximum absolute atomic E-state index is 12.7. The van der Waals surface area contributed by atoms with E-state index in [0.29, 0.717) is 17.9 Å². The number of aromatic nitrogens is 1. The quantitative estimate of drug-likeness (QED) is 0.564. The van der Waals surface area contributed by atoms with Gasteiger partial charge >= 0.3 is 5.97 Å². The SMILES string of the molecule is COC(=O)CNC(=O)Cc1ccc(NC(=O)c2cccn2Cc2ccccc2)cc1. The van der Waals surface area contributed by atoms with Gasteiger partial charge in [-0.1, -0.05) is 42.5 Å². The Hall–Kier alpha value is -3.87. The lowest BCUT2D eigenvalue weighted by atomic mass is 10.1. The van der Waals surface area contributed by atoms with Crippen LogP contribution in [0.4, 0.5) is 5.69 Å². The molecule has 0 atom stereocenters. The summed E-state index contributed by atoms with van der Waals surface area (Å²) >= 11 is 0. The van der Waals surface area contributed by atoms with Crippen molar-refractivity contribution in [2.45, 2.75) is 13.0 Å². The average molecular weight is 405 g/mol. The Morgan fingerprint density at radius 2 is 1.63 bits per heavy atom. The van der Waals surface area contributed by atoms with E-state index in [4.69, 9.17) is 0 Å². The lowest BCUT2D eigenvalue weighted by Gasteiger charge is -2.11. The van der Waals surface area contributed by atoms with Gasteiger partial charge in [0.25, 0.3) is 5.91 Å². The van der Waals surface area contributed by atoms with E-state index < -0.39 is 5.97 Å². The topological polar surface area (TPSA) is 89.4 Å². The average Bonchev–Trinajstić information content (AvgIpc) is 3.22. The summed E-state index contributed by atoms with van der Waals surface area (Å²) in [6, 6.07) is 20.5. The standard InChI is InChI=1S/C23H23N3O4/c1-30-22(28)15-24-21(27)14-17-9-11-19(12-10-17)25-23(29)20-8-5-13-26(20)16-18-6-3-2-4-7-18/h2-13H,14-16H2,1H3,(H,24,27)(H,25,29). The van der Waals surface area contributed by atoms with Crippen LogP contribution in [-0.2, 0) is 27.3 Å². The monoisotopic (exact) mass is 405 g/mol. The summed E-state index contributed by atoms with van der Waals surface area (Å²) in [5.41, 5.74) is 3.07. The van der Waals surface area contributed by atoms with Gasteiger partial charge in [-0.3, -0.25) is 14.4 Å². The van der Waals surface area contributed by atoms with Crippen molar-refractivity contribution in [3.05, 3.63) is 89.7 Å². The number of carbonyl (C=O) groups excluding carboxylic acids is 3. The highest BCUT2D eigenvalue weighted by molar-refractivity contribution is 6.03.